The monoisotopic (exact) mass is 430 g/mol. The maximum absolute atomic E-state index is 5.48. The van der Waals surface area contributed by atoms with Gasteiger partial charge in [-0.2, -0.15) is 0 Å². The molecule has 0 unspecified atom stereocenters. The van der Waals surface area contributed by atoms with E-state index in [1.54, 1.807) is 0 Å². The van der Waals surface area contributed by atoms with Gasteiger partial charge in [0.1, 0.15) is 0 Å². The van der Waals surface area contributed by atoms with Gasteiger partial charge in [-0.3, -0.25) is 4.90 Å². The highest BCUT2D eigenvalue weighted by molar-refractivity contribution is 5.79. The number of ether oxygens (including phenoxy) is 1. The number of hydrogen-bond donors (Lipinski definition) is 2. The zero-order chi connectivity index (χ0) is 21.7. The van der Waals surface area contributed by atoms with E-state index < -0.39 is 0 Å². The fourth-order valence-electron chi connectivity index (χ4n) is 4.21. The van der Waals surface area contributed by atoms with E-state index in [4.69, 9.17) is 9.73 Å². The average molecular weight is 431 g/mol. The van der Waals surface area contributed by atoms with Gasteiger partial charge in [0.05, 0.1) is 19.8 Å². The van der Waals surface area contributed by atoms with Crippen molar-refractivity contribution < 1.29 is 4.74 Å². The predicted molar refractivity (Wildman–Crippen MR) is 129 cm³/mol. The Morgan fingerprint density at radius 2 is 1.77 bits per heavy atom. The SMILES string of the molecule is CCNC(=NCc1ccccc1CN1CCOCC1)NCCCN1CCCN(C)CC1. The van der Waals surface area contributed by atoms with Crippen molar-refractivity contribution in [2.75, 3.05) is 79.2 Å². The Morgan fingerprint density at radius 1 is 0.968 bits per heavy atom. The molecule has 2 aliphatic heterocycles. The van der Waals surface area contributed by atoms with Gasteiger partial charge >= 0.3 is 0 Å². The lowest BCUT2D eigenvalue weighted by Gasteiger charge is -2.27. The van der Waals surface area contributed by atoms with Crippen molar-refractivity contribution in [2.24, 2.45) is 4.99 Å². The quantitative estimate of drug-likeness (QED) is 0.353. The van der Waals surface area contributed by atoms with E-state index in [1.165, 1.54) is 43.7 Å². The first-order chi connectivity index (χ1) is 15.2. The Hall–Kier alpha value is -1.67. The van der Waals surface area contributed by atoms with Crippen LogP contribution in [0.4, 0.5) is 0 Å². The largest absolute Gasteiger partial charge is 0.379 e. The molecule has 0 bridgehead atoms. The van der Waals surface area contributed by atoms with Gasteiger partial charge in [0, 0.05) is 45.8 Å². The Bertz CT molecular complexity index is 661. The first kappa shape index (κ1) is 24.0. The molecule has 0 amide bonds. The van der Waals surface area contributed by atoms with Crippen molar-refractivity contribution in [3.63, 3.8) is 0 Å². The molecule has 0 atom stereocenters. The zero-order valence-corrected chi connectivity index (χ0v) is 19.6. The molecule has 7 heteroatoms. The second-order valence-corrected chi connectivity index (χ2v) is 8.63. The summed E-state index contributed by atoms with van der Waals surface area (Å²) < 4.78 is 5.48. The topological polar surface area (TPSA) is 55.4 Å². The third-order valence-electron chi connectivity index (χ3n) is 6.12. The lowest BCUT2D eigenvalue weighted by Crippen LogP contribution is -2.39. The van der Waals surface area contributed by atoms with Gasteiger partial charge in [0.15, 0.2) is 5.96 Å². The van der Waals surface area contributed by atoms with Crippen LogP contribution < -0.4 is 10.6 Å². The summed E-state index contributed by atoms with van der Waals surface area (Å²) in [4.78, 5) is 12.4. The number of aliphatic imine (C=N–C) groups is 1. The normalized spacial score (nSPS) is 19.9. The number of morpholine rings is 1. The highest BCUT2D eigenvalue weighted by Crippen LogP contribution is 2.14. The third-order valence-corrected chi connectivity index (χ3v) is 6.12. The Kier molecular flexibility index (Phi) is 10.6. The summed E-state index contributed by atoms with van der Waals surface area (Å²) in [5.74, 6) is 0.916. The Balaban J connectivity index is 1.46. The first-order valence-corrected chi connectivity index (χ1v) is 12.0. The lowest BCUT2D eigenvalue weighted by molar-refractivity contribution is 0.0341. The van der Waals surface area contributed by atoms with Crippen molar-refractivity contribution >= 4 is 5.96 Å². The van der Waals surface area contributed by atoms with Crippen LogP contribution in [-0.4, -0.2) is 99.8 Å². The highest BCUT2D eigenvalue weighted by Gasteiger charge is 2.13. The maximum atomic E-state index is 5.48. The fraction of sp³-hybridized carbons (Fsp3) is 0.708. The third kappa shape index (κ3) is 8.77. The van der Waals surface area contributed by atoms with Crippen LogP contribution in [0, 0.1) is 0 Å². The molecule has 0 radical (unpaired) electrons. The Morgan fingerprint density at radius 3 is 2.58 bits per heavy atom. The maximum Gasteiger partial charge on any atom is 0.191 e. The van der Waals surface area contributed by atoms with Gasteiger partial charge in [-0.25, -0.2) is 4.99 Å². The van der Waals surface area contributed by atoms with E-state index >= 15 is 0 Å². The minimum Gasteiger partial charge on any atom is -0.379 e. The van der Waals surface area contributed by atoms with E-state index in [2.05, 4.69) is 63.6 Å². The number of rotatable bonds is 9. The van der Waals surface area contributed by atoms with Crippen molar-refractivity contribution in [3.8, 4) is 0 Å². The van der Waals surface area contributed by atoms with Crippen LogP contribution in [0.2, 0.25) is 0 Å². The molecular formula is C24H42N6O. The second-order valence-electron chi connectivity index (χ2n) is 8.63. The molecule has 0 saturated carbocycles. The van der Waals surface area contributed by atoms with Crippen LogP contribution in [0.1, 0.15) is 30.9 Å². The van der Waals surface area contributed by atoms with E-state index in [0.29, 0.717) is 6.54 Å². The number of benzene rings is 1. The minimum absolute atomic E-state index is 0.703. The number of nitrogens with zero attached hydrogens (tertiary/aromatic N) is 4. The predicted octanol–water partition coefficient (Wildman–Crippen LogP) is 1.60. The van der Waals surface area contributed by atoms with Crippen molar-refractivity contribution in [3.05, 3.63) is 35.4 Å². The number of hydrogen-bond acceptors (Lipinski definition) is 5. The molecule has 0 spiro atoms. The van der Waals surface area contributed by atoms with Gasteiger partial charge < -0.3 is 25.2 Å². The van der Waals surface area contributed by atoms with Gasteiger partial charge in [0.25, 0.3) is 0 Å². The number of guanidine groups is 1. The van der Waals surface area contributed by atoms with Crippen LogP contribution in [0.25, 0.3) is 0 Å². The van der Waals surface area contributed by atoms with E-state index in [-0.39, 0.29) is 0 Å². The zero-order valence-electron chi connectivity index (χ0n) is 19.6. The van der Waals surface area contributed by atoms with Gasteiger partial charge in [-0.1, -0.05) is 24.3 Å². The summed E-state index contributed by atoms with van der Waals surface area (Å²) in [6, 6.07) is 8.69. The van der Waals surface area contributed by atoms with Crippen LogP contribution in [0.5, 0.6) is 0 Å². The van der Waals surface area contributed by atoms with Gasteiger partial charge in [-0.05, 0) is 57.6 Å². The molecular weight excluding hydrogens is 388 g/mol. The van der Waals surface area contributed by atoms with Crippen molar-refractivity contribution in [1.29, 1.82) is 0 Å². The average Bonchev–Trinajstić information content (AvgIpc) is 3.00. The second kappa shape index (κ2) is 13.7. The fourth-order valence-corrected chi connectivity index (χ4v) is 4.21. The molecule has 1 aromatic carbocycles. The summed E-state index contributed by atoms with van der Waals surface area (Å²) in [7, 11) is 2.23. The molecule has 2 fully saturated rings. The van der Waals surface area contributed by atoms with Gasteiger partial charge in [0.2, 0.25) is 0 Å². The molecule has 2 saturated heterocycles. The highest BCUT2D eigenvalue weighted by atomic mass is 16.5. The summed E-state index contributed by atoms with van der Waals surface area (Å²) >= 11 is 0. The van der Waals surface area contributed by atoms with Crippen molar-refractivity contribution in [2.45, 2.75) is 32.9 Å². The molecule has 3 rings (SSSR count). The number of nitrogens with one attached hydrogen (secondary N) is 2. The van der Waals surface area contributed by atoms with Gasteiger partial charge in [-0.15, -0.1) is 0 Å². The molecule has 174 valence electrons. The standard InChI is InChI=1S/C24H42N6O/c1-3-25-24(26-10-6-12-29-13-7-11-28(2)14-15-29)27-20-22-8-4-5-9-23(22)21-30-16-18-31-19-17-30/h4-5,8-9H,3,6-7,10-21H2,1-2H3,(H2,25,26,27). The summed E-state index contributed by atoms with van der Waals surface area (Å²) in [6.07, 6.45) is 2.42. The first-order valence-electron chi connectivity index (χ1n) is 12.0. The van der Waals surface area contributed by atoms with E-state index in [9.17, 15) is 0 Å². The van der Waals surface area contributed by atoms with Crippen LogP contribution >= 0.6 is 0 Å². The summed E-state index contributed by atoms with van der Waals surface area (Å²) in [6.45, 7) is 15.3. The lowest BCUT2D eigenvalue weighted by atomic mass is 10.1. The van der Waals surface area contributed by atoms with E-state index in [1.807, 2.05) is 0 Å². The smallest absolute Gasteiger partial charge is 0.191 e. The molecule has 2 N–H and O–H groups in total. The van der Waals surface area contributed by atoms with Crippen LogP contribution in [0.3, 0.4) is 0 Å². The molecule has 0 aliphatic carbocycles. The number of likely N-dealkylation sites (N-methyl/N-ethyl adjacent to an activating group) is 1. The molecule has 2 heterocycles. The van der Waals surface area contributed by atoms with Crippen molar-refractivity contribution in [1.82, 2.24) is 25.3 Å². The molecule has 1 aromatic rings. The summed E-state index contributed by atoms with van der Waals surface area (Å²) in [5, 5.41) is 6.93. The summed E-state index contributed by atoms with van der Waals surface area (Å²) in [5.41, 5.74) is 2.68. The van der Waals surface area contributed by atoms with E-state index in [0.717, 1.165) is 64.9 Å². The molecule has 2 aliphatic rings. The molecule has 31 heavy (non-hydrogen) atoms. The molecule has 0 aromatic heterocycles. The Labute approximate surface area is 188 Å². The molecule has 7 nitrogen and oxygen atoms in total. The van der Waals surface area contributed by atoms with Crippen LogP contribution in [-0.2, 0) is 17.8 Å². The van der Waals surface area contributed by atoms with Crippen LogP contribution in [0.15, 0.2) is 29.3 Å². The minimum atomic E-state index is 0.703.